The molecule has 1 aromatic heterocycles. The van der Waals surface area contributed by atoms with Gasteiger partial charge >= 0.3 is 0 Å². The number of nitrogens with two attached hydrogens (primary N) is 1. The van der Waals surface area contributed by atoms with Crippen LogP contribution in [0.5, 0.6) is 0 Å². The largest absolute Gasteiger partial charge is 0.388 e. The molecule has 0 saturated carbocycles. The van der Waals surface area contributed by atoms with E-state index in [0.29, 0.717) is 6.42 Å². The summed E-state index contributed by atoms with van der Waals surface area (Å²) in [5.74, 6) is 1.17. The molecular formula is C10H16N4. The van der Waals surface area contributed by atoms with E-state index < -0.39 is 0 Å². The predicted octanol–water partition coefficient (Wildman–Crippen LogP) is 1.15. The summed E-state index contributed by atoms with van der Waals surface area (Å²) in [5.41, 5.74) is 6.43. The van der Waals surface area contributed by atoms with Gasteiger partial charge in [-0.15, -0.1) is 0 Å². The van der Waals surface area contributed by atoms with Gasteiger partial charge in [0, 0.05) is 26.2 Å². The third-order valence-electron chi connectivity index (χ3n) is 2.06. The zero-order chi connectivity index (χ0) is 10.6. The molecule has 0 aliphatic rings. The molecule has 0 amide bonds. The Bertz CT molecular complexity index is 322. The highest BCUT2D eigenvalue weighted by Crippen LogP contribution is 2.13. The van der Waals surface area contributed by atoms with Crippen LogP contribution in [-0.2, 0) is 0 Å². The van der Waals surface area contributed by atoms with Crippen LogP contribution in [0.4, 0.5) is 5.82 Å². The second kappa shape index (κ2) is 4.60. The highest BCUT2D eigenvalue weighted by Gasteiger charge is 2.04. The van der Waals surface area contributed by atoms with Crippen LogP contribution in [0.15, 0.2) is 18.3 Å². The van der Waals surface area contributed by atoms with E-state index in [-0.39, 0.29) is 5.84 Å². The van der Waals surface area contributed by atoms with Crippen molar-refractivity contribution in [3.05, 3.63) is 23.9 Å². The molecule has 76 valence electrons. The smallest absolute Gasteiger partial charge is 0.131 e. The van der Waals surface area contributed by atoms with E-state index in [9.17, 15) is 0 Å². The molecule has 1 rings (SSSR count). The minimum atomic E-state index is 0.213. The maximum Gasteiger partial charge on any atom is 0.131 e. The number of hydrogen-bond donors (Lipinski definition) is 2. The number of pyridine rings is 1. The van der Waals surface area contributed by atoms with E-state index >= 15 is 0 Å². The van der Waals surface area contributed by atoms with Crippen molar-refractivity contribution in [2.75, 3.05) is 18.5 Å². The molecule has 1 heterocycles. The molecule has 0 unspecified atom stereocenters. The Labute approximate surface area is 84.3 Å². The molecule has 4 nitrogen and oxygen atoms in total. The van der Waals surface area contributed by atoms with Gasteiger partial charge in [0.05, 0.1) is 5.84 Å². The van der Waals surface area contributed by atoms with Gasteiger partial charge in [0.1, 0.15) is 5.82 Å². The molecular weight excluding hydrogens is 176 g/mol. The molecule has 0 aliphatic heterocycles. The van der Waals surface area contributed by atoms with Gasteiger partial charge in [0.2, 0.25) is 0 Å². The topological polar surface area (TPSA) is 66.0 Å². The maximum absolute atomic E-state index is 7.13. The zero-order valence-electron chi connectivity index (χ0n) is 8.62. The van der Waals surface area contributed by atoms with Gasteiger partial charge in [-0.05, 0) is 18.6 Å². The Kier molecular flexibility index (Phi) is 3.45. The molecule has 0 bridgehead atoms. The number of anilines is 1. The first kappa shape index (κ1) is 10.5. The van der Waals surface area contributed by atoms with Crippen molar-refractivity contribution in [2.24, 2.45) is 5.73 Å². The fraction of sp³-hybridized carbons (Fsp3) is 0.400. The van der Waals surface area contributed by atoms with E-state index in [1.54, 1.807) is 6.20 Å². The average molecular weight is 192 g/mol. The number of aryl methyl sites for hydroxylation is 1. The summed E-state index contributed by atoms with van der Waals surface area (Å²) in [6.07, 6.45) is 2.35. The maximum atomic E-state index is 7.13. The van der Waals surface area contributed by atoms with Gasteiger partial charge in [-0.1, -0.05) is 6.07 Å². The molecule has 3 N–H and O–H groups in total. The van der Waals surface area contributed by atoms with Gasteiger partial charge < -0.3 is 10.6 Å². The van der Waals surface area contributed by atoms with E-state index in [1.807, 2.05) is 31.0 Å². The van der Waals surface area contributed by atoms with E-state index in [2.05, 4.69) is 4.98 Å². The standard InChI is InChI=1S/C10H16N4/c1-8-4-3-6-13-10(8)14(2)7-5-9(11)12/h3-4,6H,5,7H2,1-2H3,(H3,11,12). The molecule has 0 fully saturated rings. The summed E-state index contributed by atoms with van der Waals surface area (Å²) >= 11 is 0. The summed E-state index contributed by atoms with van der Waals surface area (Å²) in [7, 11) is 1.96. The molecule has 14 heavy (non-hydrogen) atoms. The lowest BCUT2D eigenvalue weighted by Crippen LogP contribution is -2.25. The highest BCUT2D eigenvalue weighted by molar-refractivity contribution is 5.77. The quantitative estimate of drug-likeness (QED) is 0.555. The fourth-order valence-corrected chi connectivity index (χ4v) is 1.27. The lowest BCUT2D eigenvalue weighted by Gasteiger charge is -2.19. The summed E-state index contributed by atoms with van der Waals surface area (Å²) in [6, 6.07) is 3.93. The van der Waals surface area contributed by atoms with Crippen LogP contribution in [0.25, 0.3) is 0 Å². The number of hydrogen-bond acceptors (Lipinski definition) is 3. The molecule has 0 saturated heterocycles. The first-order chi connectivity index (χ1) is 6.61. The van der Waals surface area contributed by atoms with Crippen molar-refractivity contribution in [1.82, 2.24) is 4.98 Å². The molecule has 0 spiro atoms. The molecule has 4 heteroatoms. The second-order valence-electron chi connectivity index (χ2n) is 3.34. The Morgan fingerprint density at radius 3 is 2.93 bits per heavy atom. The van der Waals surface area contributed by atoms with Crippen molar-refractivity contribution in [2.45, 2.75) is 13.3 Å². The van der Waals surface area contributed by atoms with E-state index in [4.69, 9.17) is 11.1 Å². The lowest BCUT2D eigenvalue weighted by atomic mass is 10.2. The van der Waals surface area contributed by atoms with Gasteiger partial charge in [0.25, 0.3) is 0 Å². The van der Waals surface area contributed by atoms with Crippen molar-refractivity contribution in [1.29, 1.82) is 5.41 Å². The van der Waals surface area contributed by atoms with E-state index in [1.165, 1.54) is 0 Å². The first-order valence-electron chi connectivity index (χ1n) is 4.57. The third kappa shape index (κ3) is 2.73. The average Bonchev–Trinajstić information content (AvgIpc) is 2.15. The van der Waals surface area contributed by atoms with Gasteiger partial charge in [-0.2, -0.15) is 0 Å². The lowest BCUT2D eigenvalue weighted by molar-refractivity contribution is 0.884. The van der Waals surface area contributed by atoms with Crippen LogP contribution in [0.2, 0.25) is 0 Å². The minimum absolute atomic E-state index is 0.213. The van der Waals surface area contributed by atoms with Crippen molar-refractivity contribution < 1.29 is 0 Å². The minimum Gasteiger partial charge on any atom is -0.388 e. The van der Waals surface area contributed by atoms with Crippen molar-refractivity contribution >= 4 is 11.7 Å². The third-order valence-corrected chi connectivity index (χ3v) is 2.06. The Balaban J connectivity index is 2.65. The fourth-order valence-electron chi connectivity index (χ4n) is 1.27. The number of aromatic nitrogens is 1. The van der Waals surface area contributed by atoms with Crippen LogP contribution in [0.3, 0.4) is 0 Å². The molecule has 0 radical (unpaired) electrons. The highest BCUT2D eigenvalue weighted by atomic mass is 15.2. The van der Waals surface area contributed by atoms with Gasteiger partial charge in [0.15, 0.2) is 0 Å². The second-order valence-corrected chi connectivity index (χ2v) is 3.34. The monoisotopic (exact) mass is 192 g/mol. The predicted molar refractivity (Wildman–Crippen MR) is 58.8 cm³/mol. The number of nitrogens with zero attached hydrogens (tertiary/aromatic N) is 2. The van der Waals surface area contributed by atoms with Crippen LogP contribution >= 0.6 is 0 Å². The van der Waals surface area contributed by atoms with Crippen LogP contribution < -0.4 is 10.6 Å². The summed E-state index contributed by atoms with van der Waals surface area (Å²) in [6.45, 7) is 2.75. The van der Waals surface area contributed by atoms with E-state index in [0.717, 1.165) is 17.9 Å². The molecule has 0 atom stereocenters. The van der Waals surface area contributed by atoms with Gasteiger partial charge in [-0.3, -0.25) is 5.41 Å². The Morgan fingerprint density at radius 2 is 2.36 bits per heavy atom. The van der Waals surface area contributed by atoms with Crippen LogP contribution in [0, 0.1) is 12.3 Å². The molecule has 1 aromatic rings. The molecule has 0 aliphatic carbocycles. The van der Waals surface area contributed by atoms with Crippen LogP contribution in [0.1, 0.15) is 12.0 Å². The SMILES string of the molecule is Cc1cccnc1N(C)CCC(=N)N. The number of amidine groups is 1. The number of rotatable bonds is 4. The summed E-state index contributed by atoms with van der Waals surface area (Å²) in [4.78, 5) is 6.28. The zero-order valence-corrected chi connectivity index (χ0v) is 8.62. The number of nitrogens with one attached hydrogen (secondary N) is 1. The first-order valence-corrected chi connectivity index (χ1v) is 4.57. The van der Waals surface area contributed by atoms with Crippen molar-refractivity contribution in [3.8, 4) is 0 Å². The normalized spacial score (nSPS) is 9.86. The summed E-state index contributed by atoms with van der Waals surface area (Å²) in [5, 5.41) is 7.13. The van der Waals surface area contributed by atoms with Crippen LogP contribution in [-0.4, -0.2) is 24.4 Å². The summed E-state index contributed by atoms with van der Waals surface area (Å²) < 4.78 is 0. The van der Waals surface area contributed by atoms with Crippen molar-refractivity contribution in [3.63, 3.8) is 0 Å². The Hall–Kier alpha value is -1.58. The molecule has 0 aromatic carbocycles. The Morgan fingerprint density at radius 1 is 1.64 bits per heavy atom. The van der Waals surface area contributed by atoms with Gasteiger partial charge in [-0.25, -0.2) is 4.98 Å².